The first kappa shape index (κ1) is 17.3. The lowest BCUT2D eigenvalue weighted by Gasteiger charge is -2.17. The summed E-state index contributed by atoms with van der Waals surface area (Å²) < 4.78 is 27.2. The van der Waals surface area contributed by atoms with Crippen molar-refractivity contribution < 1.29 is 8.42 Å². The van der Waals surface area contributed by atoms with Gasteiger partial charge in [-0.2, -0.15) is 5.10 Å². The molecule has 0 radical (unpaired) electrons. The van der Waals surface area contributed by atoms with Crippen molar-refractivity contribution in [3.63, 3.8) is 0 Å². The molecule has 1 saturated heterocycles. The predicted molar refractivity (Wildman–Crippen MR) is 112 cm³/mol. The van der Waals surface area contributed by atoms with E-state index in [1.807, 2.05) is 49.4 Å². The van der Waals surface area contributed by atoms with Gasteiger partial charge < -0.3 is 4.90 Å². The number of fused-ring (bicyclic) bond motifs is 2. The molecule has 3 aromatic carbocycles. The summed E-state index contributed by atoms with van der Waals surface area (Å²) in [5.41, 5.74) is 2.77. The van der Waals surface area contributed by atoms with Crippen LogP contribution in [0.5, 0.6) is 0 Å². The maximum atomic E-state index is 13.6. The fourth-order valence-electron chi connectivity index (χ4n) is 4.13. The predicted octanol–water partition coefficient (Wildman–Crippen LogP) is 4.46. The molecule has 1 N–H and O–H groups in total. The first-order chi connectivity index (χ1) is 13.6. The van der Waals surface area contributed by atoms with E-state index in [9.17, 15) is 8.42 Å². The summed E-state index contributed by atoms with van der Waals surface area (Å²) in [5, 5.41) is 9.54. The molecule has 0 bridgehead atoms. The second kappa shape index (κ2) is 6.34. The van der Waals surface area contributed by atoms with E-state index in [4.69, 9.17) is 0 Å². The van der Waals surface area contributed by atoms with Crippen LogP contribution in [0.25, 0.3) is 21.7 Å². The van der Waals surface area contributed by atoms with Crippen molar-refractivity contribution in [1.82, 2.24) is 10.2 Å². The number of nitrogens with one attached hydrogen (secondary N) is 1. The zero-order valence-corrected chi connectivity index (χ0v) is 16.5. The van der Waals surface area contributed by atoms with Gasteiger partial charge in [-0.15, -0.1) is 0 Å². The number of hydrogen-bond acceptors (Lipinski definition) is 4. The van der Waals surface area contributed by atoms with Crippen LogP contribution in [0.15, 0.2) is 64.5 Å². The van der Waals surface area contributed by atoms with E-state index >= 15 is 0 Å². The number of hydrogen-bond donors (Lipinski definition) is 1. The summed E-state index contributed by atoms with van der Waals surface area (Å²) >= 11 is 0. The van der Waals surface area contributed by atoms with Crippen LogP contribution in [0, 0.1) is 6.92 Å². The molecule has 1 fully saturated rings. The monoisotopic (exact) mass is 391 g/mol. The number of H-pyrrole nitrogens is 1. The largest absolute Gasteiger partial charge is 0.372 e. The maximum Gasteiger partial charge on any atom is 0.224 e. The molecule has 1 aromatic heterocycles. The molecule has 2 heterocycles. The summed E-state index contributed by atoms with van der Waals surface area (Å²) in [5.74, 6) is 0. The van der Waals surface area contributed by atoms with Gasteiger partial charge in [0.05, 0.1) is 10.4 Å². The van der Waals surface area contributed by atoms with Gasteiger partial charge >= 0.3 is 0 Å². The third-order valence-corrected chi connectivity index (χ3v) is 7.42. The number of aromatic amines is 1. The molecular weight excluding hydrogens is 370 g/mol. The molecule has 0 unspecified atom stereocenters. The lowest BCUT2D eigenvalue weighted by atomic mass is 10.1. The minimum Gasteiger partial charge on any atom is -0.372 e. The number of aryl methyl sites for hydroxylation is 1. The van der Waals surface area contributed by atoms with Gasteiger partial charge in [0.1, 0.15) is 0 Å². The van der Waals surface area contributed by atoms with Gasteiger partial charge in [0, 0.05) is 29.5 Å². The molecule has 1 aliphatic heterocycles. The van der Waals surface area contributed by atoms with Crippen molar-refractivity contribution in [1.29, 1.82) is 0 Å². The van der Waals surface area contributed by atoms with Crippen molar-refractivity contribution in [2.75, 3.05) is 18.0 Å². The van der Waals surface area contributed by atoms with Crippen LogP contribution in [0.4, 0.5) is 5.69 Å². The van der Waals surface area contributed by atoms with E-state index in [-0.39, 0.29) is 5.03 Å². The van der Waals surface area contributed by atoms with Gasteiger partial charge in [0.2, 0.25) is 9.84 Å². The summed E-state index contributed by atoms with van der Waals surface area (Å²) in [7, 11) is -3.74. The molecule has 4 aromatic rings. The topological polar surface area (TPSA) is 66.1 Å². The van der Waals surface area contributed by atoms with Gasteiger partial charge in [-0.1, -0.05) is 30.3 Å². The van der Waals surface area contributed by atoms with Crippen LogP contribution in [-0.4, -0.2) is 31.7 Å². The van der Waals surface area contributed by atoms with Crippen LogP contribution in [-0.2, 0) is 9.84 Å². The zero-order chi connectivity index (χ0) is 19.3. The van der Waals surface area contributed by atoms with Crippen molar-refractivity contribution in [3.05, 3.63) is 60.2 Å². The Morgan fingerprint density at radius 2 is 1.68 bits per heavy atom. The molecule has 5 nitrogen and oxygen atoms in total. The van der Waals surface area contributed by atoms with E-state index in [2.05, 4.69) is 15.1 Å². The molecule has 5 rings (SSSR count). The molecule has 0 saturated carbocycles. The summed E-state index contributed by atoms with van der Waals surface area (Å²) in [6, 6.07) is 17.1. The Labute approximate surface area is 163 Å². The molecule has 6 heteroatoms. The van der Waals surface area contributed by atoms with Gasteiger partial charge in [-0.3, -0.25) is 5.10 Å². The van der Waals surface area contributed by atoms with Crippen LogP contribution >= 0.6 is 0 Å². The van der Waals surface area contributed by atoms with Crippen molar-refractivity contribution >= 4 is 37.2 Å². The minimum absolute atomic E-state index is 0.164. The normalized spacial score (nSPS) is 15.0. The Bertz CT molecular complexity index is 1300. The molecule has 1 aliphatic rings. The fourth-order valence-corrected chi connectivity index (χ4v) is 5.70. The van der Waals surface area contributed by atoms with Crippen LogP contribution in [0.3, 0.4) is 0 Å². The lowest BCUT2D eigenvalue weighted by molar-refractivity contribution is 0.593. The first-order valence-corrected chi connectivity index (χ1v) is 11.0. The fraction of sp³-hybridized carbons (Fsp3) is 0.227. The average molecular weight is 391 g/mol. The second-order valence-electron chi connectivity index (χ2n) is 7.38. The first-order valence-electron chi connectivity index (χ1n) is 9.52. The van der Waals surface area contributed by atoms with Gasteiger partial charge in [-0.25, -0.2) is 8.42 Å². The van der Waals surface area contributed by atoms with Gasteiger partial charge in [-0.05, 0) is 55.0 Å². The molecule has 0 amide bonds. The number of aromatic nitrogens is 2. The Morgan fingerprint density at radius 1 is 0.929 bits per heavy atom. The van der Waals surface area contributed by atoms with E-state index in [0.717, 1.165) is 35.1 Å². The van der Waals surface area contributed by atoms with E-state index in [0.29, 0.717) is 15.8 Å². The standard InChI is InChI=1S/C22H21N3O2S/c1-15-6-4-8-18-17(15)7-5-9-21(18)28(26,27)22-19-14-16(25-12-2-3-13-25)10-11-20(19)23-24-22/h4-11,14H,2-3,12-13H2,1H3,(H,23,24). The minimum atomic E-state index is -3.74. The quantitative estimate of drug-likeness (QED) is 0.560. The Balaban J connectivity index is 1.71. The number of rotatable bonds is 3. The van der Waals surface area contributed by atoms with Crippen molar-refractivity contribution in [3.8, 4) is 0 Å². The second-order valence-corrected chi connectivity index (χ2v) is 9.23. The molecule has 0 atom stereocenters. The summed E-state index contributed by atoms with van der Waals surface area (Å²) in [6.07, 6.45) is 2.34. The highest BCUT2D eigenvalue weighted by Crippen LogP contribution is 2.34. The number of sulfone groups is 1. The van der Waals surface area contributed by atoms with Crippen LogP contribution in [0.1, 0.15) is 18.4 Å². The van der Waals surface area contributed by atoms with E-state index in [1.54, 1.807) is 12.1 Å². The van der Waals surface area contributed by atoms with Gasteiger partial charge in [0.25, 0.3) is 0 Å². The Kier molecular flexibility index (Phi) is 3.91. The smallest absolute Gasteiger partial charge is 0.224 e. The highest BCUT2D eigenvalue weighted by molar-refractivity contribution is 7.91. The highest BCUT2D eigenvalue weighted by atomic mass is 32.2. The summed E-state index contributed by atoms with van der Waals surface area (Å²) in [6.45, 7) is 4.01. The number of nitrogens with zero attached hydrogens (tertiary/aromatic N) is 2. The lowest BCUT2D eigenvalue weighted by Crippen LogP contribution is -2.17. The van der Waals surface area contributed by atoms with Crippen LogP contribution < -0.4 is 4.90 Å². The third-order valence-electron chi connectivity index (χ3n) is 5.63. The third kappa shape index (κ3) is 2.59. The molecule has 0 aliphatic carbocycles. The molecule has 0 spiro atoms. The molecule has 28 heavy (non-hydrogen) atoms. The zero-order valence-electron chi connectivity index (χ0n) is 15.6. The molecule has 142 valence electrons. The Morgan fingerprint density at radius 3 is 2.50 bits per heavy atom. The number of anilines is 1. The Hall–Kier alpha value is -2.86. The van der Waals surface area contributed by atoms with Crippen molar-refractivity contribution in [2.24, 2.45) is 0 Å². The SMILES string of the molecule is Cc1cccc2c(S(=O)(=O)c3[nH]nc4ccc(N5CCCC5)cc34)cccc12. The van der Waals surface area contributed by atoms with Crippen LogP contribution in [0.2, 0.25) is 0 Å². The number of benzene rings is 3. The average Bonchev–Trinajstić information content (AvgIpc) is 3.37. The van der Waals surface area contributed by atoms with Gasteiger partial charge in [0.15, 0.2) is 5.03 Å². The molecular formula is C22H21N3O2S. The van der Waals surface area contributed by atoms with E-state index in [1.165, 1.54) is 12.8 Å². The highest BCUT2D eigenvalue weighted by Gasteiger charge is 2.26. The summed E-state index contributed by atoms with van der Waals surface area (Å²) in [4.78, 5) is 2.61. The van der Waals surface area contributed by atoms with E-state index < -0.39 is 9.84 Å². The van der Waals surface area contributed by atoms with Crippen molar-refractivity contribution in [2.45, 2.75) is 29.7 Å². The maximum absolute atomic E-state index is 13.6.